The molecule has 1 aromatic rings. The molecule has 1 N–H and O–H groups in total. The van der Waals surface area contributed by atoms with Crippen molar-refractivity contribution in [2.45, 2.75) is 24.2 Å². The van der Waals surface area contributed by atoms with Gasteiger partial charge in [-0.1, -0.05) is 6.07 Å². The minimum absolute atomic E-state index is 0.0386. The van der Waals surface area contributed by atoms with Gasteiger partial charge < -0.3 is 14.4 Å². The smallest absolute Gasteiger partial charge is 0.331 e. The summed E-state index contributed by atoms with van der Waals surface area (Å²) in [6.45, 7) is 1.09. The lowest BCUT2D eigenvalue weighted by molar-refractivity contribution is -0.148. The van der Waals surface area contributed by atoms with E-state index in [0.717, 1.165) is 25.3 Å². The molecule has 9 heteroatoms. The maximum atomic E-state index is 12.0. The Hall–Kier alpha value is -2.39. The summed E-state index contributed by atoms with van der Waals surface area (Å²) >= 11 is 0. The molecule has 0 saturated carbocycles. The van der Waals surface area contributed by atoms with Crippen molar-refractivity contribution in [1.82, 2.24) is 9.62 Å². The van der Waals surface area contributed by atoms with Crippen LogP contribution in [-0.2, 0) is 24.3 Å². The lowest BCUT2D eigenvalue weighted by atomic mass is 10.1. The number of esters is 1. The molecular formula is C18H24N2O6S. The predicted octanol–water partition coefficient (Wildman–Crippen LogP) is 1.17. The van der Waals surface area contributed by atoms with E-state index in [1.54, 1.807) is 11.0 Å². The van der Waals surface area contributed by atoms with Crippen LogP contribution >= 0.6 is 0 Å². The Morgan fingerprint density at radius 2 is 1.93 bits per heavy atom. The van der Waals surface area contributed by atoms with Crippen LogP contribution in [0.25, 0.3) is 6.08 Å². The van der Waals surface area contributed by atoms with E-state index in [1.807, 2.05) is 0 Å². The highest BCUT2D eigenvalue weighted by Gasteiger charge is 2.19. The maximum absolute atomic E-state index is 12.0. The highest BCUT2D eigenvalue weighted by atomic mass is 32.2. The number of nitrogens with one attached hydrogen (secondary N) is 1. The topological polar surface area (TPSA) is 102 Å². The van der Waals surface area contributed by atoms with E-state index >= 15 is 0 Å². The van der Waals surface area contributed by atoms with Crippen LogP contribution < -0.4 is 9.46 Å². The summed E-state index contributed by atoms with van der Waals surface area (Å²) in [6, 6.07) is 4.48. The highest BCUT2D eigenvalue weighted by Crippen LogP contribution is 2.25. The first-order valence-corrected chi connectivity index (χ1v) is 10.1. The van der Waals surface area contributed by atoms with Gasteiger partial charge in [-0.25, -0.2) is 17.9 Å². The Morgan fingerprint density at radius 1 is 1.22 bits per heavy atom. The molecule has 0 atom stereocenters. The Kier molecular flexibility index (Phi) is 7.37. The zero-order valence-corrected chi connectivity index (χ0v) is 16.3. The summed E-state index contributed by atoms with van der Waals surface area (Å²) in [5.74, 6) is -0.686. The van der Waals surface area contributed by atoms with Crippen LogP contribution in [0.5, 0.6) is 5.75 Å². The summed E-state index contributed by atoms with van der Waals surface area (Å²) in [5.41, 5.74) is 0.476. The molecule has 27 heavy (non-hydrogen) atoms. The van der Waals surface area contributed by atoms with Gasteiger partial charge in [0.2, 0.25) is 10.0 Å². The van der Waals surface area contributed by atoms with E-state index in [1.165, 1.54) is 32.4 Å². The highest BCUT2D eigenvalue weighted by molar-refractivity contribution is 7.89. The van der Waals surface area contributed by atoms with Gasteiger partial charge in [0.25, 0.3) is 5.91 Å². The number of benzene rings is 1. The van der Waals surface area contributed by atoms with Gasteiger partial charge in [0.1, 0.15) is 10.6 Å². The van der Waals surface area contributed by atoms with Crippen molar-refractivity contribution in [3.05, 3.63) is 29.8 Å². The number of hydrogen-bond acceptors (Lipinski definition) is 6. The fraction of sp³-hybridized carbons (Fsp3) is 0.444. The Morgan fingerprint density at radius 3 is 2.56 bits per heavy atom. The molecule has 1 aromatic carbocycles. The second kappa shape index (κ2) is 9.52. The van der Waals surface area contributed by atoms with E-state index in [2.05, 4.69) is 4.72 Å². The Balaban J connectivity index is 1.99. The maximum Gasteiger partial charge on any atom is 0.331 e. The quantitative estimate of drug-likeness (QED) is 0.548. The molecule has 148 valence electrons. The largest absolute Gasteiger partial charge is 0.495 e. The Labute approximate surface area is 159 Å². The van der Waals surface area contributed by atoms with Crippen molar-refractivity contribution < 1.29 is 27.5 Å². The van der Waals surface area contributed by atoms with Gasteiger partial charge in [0.05, 0.1) is 7.11 Å². The van der Waals surface area contributed by atoms with E-state index in [4.69, 9.17) is 9.47 Å². The molecule has 1 aliphatic heterocycles. The molecule has 0 radical (unpaired) electrons. The lowest BCUT2D eigenvalue weighted by Gasteiger charge is -2.26. The summed E-state index contributed by atoms with van der Waals surface area (Å²) < 4.78 is 36.4. The molecule has 1 fully saturated rings. The summed E-state index contributed by atoms with van der Waals surface area (Å²) in [6.07, 6.45) is 5.62. The first-order valence-electron chi connectivity index (χ1n) is 8.61. The third-order valence-electron chi connectivity index (χ3n) is 4.20. The van der Waals surface area contributed by atoms with Gasteiger partial charge in [-0.15, -0.1) is 0 Å². The normalized spacial score (nSPS) is 15.0. The molecule has 0 unspecified atom stereocenters. The van der Waals surface area contributed by atoms with Crippen LogP contribution in [0, 0.1) is 0 Å². The van der Waals surface area contributed by atoms with Crippen molar-refractivity contribution >= 4 is 28.0 Å². The second-order valence-corrected chi connectivity index (χ2v) is 7.86. The number of methoxy groups -OCH3 is 1. The van der Waals surface area contributed by atoms with Gasteiger partial charge in [-0.3, -0.25) is 4.79 Å². The van der Waals surface area contributed by atoms with E-state index in [9.17, 15) is 18.0 Å². The monoisotopic (exact) mass is 396 g/mol. The molecule has 1 heterocycles. The fourth-order valence-corrected chi connectivity index (χ4v) is 3.62. The number of amides is 1. The number of hydrogen-bond donors (Lipinski definition) is 1. The van der Waals surface area contributed by atoms with Gasteiger partial charge in [-0.05, 0) is 50.1 Å². The van der Waals surface area contributed by atoms with E-state index < -0.39 is 16.0 Å². The molecule has 1 aliphatic rings. The molecular weight excluding hydrogens is 372 g/mol. The number of sulfonamides is 1. The molecule has 2 rings (SSSR count). The first-order chi connectivity index (χ1) is 12.9. The molecule has 0 aliphatic carbocycles. The number of nitrogens with zero attached hydrogens (tertiary/aromatic N) is 1. The van der Waals surface area contributed by atoms with Crippen molar-refractivity contribution in [1.29, 1.82) is 0 Å². The first kappa shape index (κ1) is 20.9. The molecule has 1 amide bonds. The number of ether oxygens (including phenoxy) is 2. The third-order valence-corrected chi connectivity index (χ3v) is 5.64. The van der Waals surface area contributed by atoms with Crippen molar-refractivity contribution in [3.63, 3.8) is 0 Å². The standard InChI is InChI=1S/C18H24N2O6S/c1-19-27(23,24)16-12-14(6-8-15(16)25-2)7-9-18(22)26-13-17(21)20-10-4-3-5-11-20/h6-9,12,19H,3-5,10-11,13H2,1-2H3/b9-7+. The fourth-order valence-electron chi connectivity index (χ4n) is 2.70. The summed E-state index contributed by atoms with van der Waals surface area (Å²) in [5, 5.41) is 0. The van der Waals surface area contributed by atoms with Gasteiger partial charge >= 0.3 is 5.97 Å². The molecule has 0 spiro atoms. The second-order valence-electron chi connectivity index (χ2n) is 6.00. The minimum atomic E-state index is -3.71. The van der Waals surface area contributed by atoms with E-state index in [0.29, 0.717) is 18.7 Å². The van der Waals surface area contributed by atoms with Crippen molar-refractivity contribution in [2.75, 3.05) is 33.9 Å². The number of piperidine rings is 1. The number of carbonyl (C=O) groups excluding carboxylic acids is 2. The van der Waals surface area contributed by atoms with Crippen molar-refractivity contribution in [3.8, 4) is 5.75 Å². The number of likely N-dealkylation sites (tertiary alicyclic amines) is 1. The zero-order valence-electron chi connectivity index (χ0n) is 15.4. The third kappa shape index (κ3) is 5.80. The minimum Gasteiger partial charge on any atom is -0.495 e. The average Bonchev–Trinajstić information content (AvgIpc) is 2.70. The predicted molar refractivity (Wildman–Crippen MR) is 99.7 cm³/mol. The Bertz CT molecular complexity index is 813. The van der Waals surface area contributed by atoms with Gasteiger partial charge in [0.15, 0.2) is 6.61 Å². The summed E-state index contributed by atoms with van der Waals surface area (Å²) in [7, 11) is -1.04. The van der Waals surface area contributed by atoms with Crippen LogP contribution in [0.2, 0.25) is 0 Å². The number of carbonyl (C=O) groups is 2. The number of rotatable bonds is 7. The SMILES string of the molecule is CNS(=O)(=O)c1cc(/C=C/C(=O)OCC(=O)N2CCCCC2)ccc1OC. The van der Waals surface area contributed by atoms with Crippen LogP contribution in [0.15, 0.2) is 29.2 Å². The van der Waals surface area contributed by atoms with Crippen LogP contribution in [0.4, 0.5) is 0 Å². The van der Waals surface area contributed by atoms with Gasteiger partial charge in [-0.2, -0.15) is 0 Å². The molecule has 0 bridgehead atoms. The molecule has 0 aromatic heterocycles. The van der Waals surface area contributed by atoms with Crippen molar-refractivity contribution in [2.24, 2.45) is 0 Å². The lowest BCUT2D eigenvalue weighted by Crippen LogP contribution is -2.38. The van der Waals surface area contributed by atoms with E-state index in [-0.39, 0.29) is 23.2 Å². The average molecular weight is 396 g/mol. The molecule has 1 saturated heterocycles. The zero-order chi connectivity index (χ0) is 19.9. The van der Waals surface area contributed by atoms with Crippen LogP contribution in [0.1, 0.15) is 24.8 Å². The van der Waals surface area contributed by atoms with Gasteiger partial charge in [0, 0.05) is 19.2 Å². The molecule has 8 nitrogen and oxygen atoms in total. The van der Waals surface area contributed by atoms with Crippen LogP contribution in [-0.4, -0.2) is 59.0 Å². The van der Waals surface area contributed by atoms with Crippen LogP contribution in [0.3, 0.4) is 0 Å². The summed E-state index contributed by atoms with van der Waals surface area (Å²) in [4.78, 5) is 25.5.